The third-order valence-electron chi connectivity index (χ3n) is 2.83. The standard InChI is InChI=1S/C14H16N2O2/c1-9-8-12(16-14(2,3)13(17)18)10-6-4-5-7-11(10)15-9/h4-8H,1-3H3,(H,15,16)(H,17,18). The second kappa shape index (κ2) is 4.29. The van der Waals surface area contributed by atoms with E-state index in [-0.39, 0.29) is 0 Å². The van der Waals surface area contributed by atoms with Crippen molar-refractivity contribution in [2.45, 2.75) is 26.3 Å². The molecule has 18 heavy (non-hydrogen) atoms. The largest absolute Gasteiger partial charge is 0.480 e. The maximum Gasteiger partial charge on any atom is 0.328 e. The first-order valence-electron chi connectivity index (χ1n) is 5.78. The van der Waals surface area contributed by atoms with Crippen molar-refractivity contribution in [2.24, 2.45) is 0 Å². The molecule has 4 nitrogen and oxygen atoms in total. The smallest absolute Gasteiger partial charge is 0.328 e. The lowest BCUT2D eigenvalue weighted by atomic mass is 10.0. The average Bonchev–Trinajstić information content (AvgIpc) is 2.28. The Morgan fingerprint density at radius 2 is 2.00 bits per heavy atom. The van der Waals surface area contributed by atoms with Crippen molar-refractivity contribution in [1.29, 1.82) is 0 Å². The summed E-state index contributed by atoms with van der Waals surface area (Å²) >= 11 is 0. The summed E-state index contributed by atoms with van der Waals surface area (Å²) in [5.41, 5.74) is 1.50. The normalized spacial score (nSPS) is 11.5. The number of nitrogens with one attached hydrogen (secondary N) is 1. The highest BCUT2D eigenvalue weighted by atomic mass is 16.4. The van der Waals surface area contributed by atoms with E-state index in [0.29, 0.717) is 0 Å². The van der Waals surface area contributed by atoms with Crippen LogP contribution in [0.3, 0.4) is 0 Å². The maximum atomic E-state index is 11.2. The number of rotatable bonds is 3. The molecule has 0 amide bonds. The molecule has 1 aromatic carbocycles. The number of carbonyl (C=O) groups is 1. The molecule has 94 valence electrons. The first-order chi connectivity index (χ1) is 8.40. The van der Waals surface area contributed by atoms with Gasteiger partial charge in [-0.3, -0.25) is 4.98 Å². The minimum Gasteiger partial charge on any atom is -0.480 e. The van der Waals surface area contributed by atoms with Crippen LogP contribution in [0.2, 0.25) is 0 Å². The molecule has 0 aliphatic rings. The fourth-order valence-electron chi connectivity index (χ4n) is 1.80. The Hall–Kier alpha value is -2.10. The van der Waals surface area contributed by atoms with Crippen LogP contribution in [0, 0.1) is 6.92 Å². The highest BCUT2D eigenvalue weighted by molar-refractivity contribution is 5.94. The van der Waals surface area contributed by atoms with Crippen LogP contribution in [-0.2, 0) is 4.79 Å². The molecule has 1 heterocycles. The number of nitrogens with zero attached hydrogens (tertiary/aromatic N) is 1. The van der Waals surface area contributed by atoms with E-state index in [0.717, 1.165) is 22.3 Å². The van der Waals surface area contributed by atoms with Gasteiger partial charge >= 0.3 is 5.97 Å². The molecule has 0 atom stereocenters. The van der Waals surface area contributed by atoms with Crippen LogP contribution in [0.1, 0.15) is 19.5 Å². The van der Waals surface area contributed by atoms with E-state index >= 15 is 0 Å². The molecule has 2 rings (SSSR count). The summed E-state index contributed by atoms with van der Waals surface area (Å²) in [5.74, 6) is -0.888. The molecule has 0 radical (unpaired) electrons. The van der Waals surface area contributed by atoms with Crippen LogP contribution in [0.15, 0.2) is 30.3 Å². The van der Waals surface area contributed by atoms with Gasteiger partial charge in [0.1, 0.15) is 5.54 Å². The van der Waals surface area contributed by atoms with E-state index in [1.807, 2.05) is 37.3 Å². The first kappa shape index (κ1) is 12.4. The third kappa shape index (κ3) is 2.27. The van der Waals surface area contributed by atoms with Gasteiger partial charge < -0.3 is 10.4 Å². The second-order valence-corrected chi connectivity index (χ2v) is 4.88. The Morgan fingerprint density at radius 3 is 2.67 bits per heavy atom. The van der Waals surface area contributed by atoms with Crippen LogP contribution in [0.5, 0.6) is 0 Å². The number of pyridine rings is 1. The zero-order valence-corrected chi connectivity index (χ0v) is 10.7. The van der Waals surface area contributed by atoms with Gasteiger partial charge in [0.25, 0.3) is 0 Å². The predicted octanol–water partition coefficient (Wildman–Crippen LogP) is 2.82. The lowest BCUT2D eigenvalue weighted by Gasteiger charge is -2.23. The molecular formula is C14H16N2O2. The quantitative estimate of drug-likeness (QED) is 0.871. The van der Waals surface area contributed by atoms with Gasteiger partial charge in [0, 0.05) is 16.8 Å². The molecule has 2 aromatic rings. The number of aryl methyl sites for hydroxylation is 1. The molecule has 0 bridgehead atoms. The second-order valence-electron chi connectivity index (χ2n) is 4.88. The van der Waals surface area contributed by atoms with E-state index in [2.05, 4.69) is 10.3 Å². The van der Waals surface area contributed by atoms with Gasteiger partial charge in [-0.25, -0.2) is 4.79 Å². The number of para-hydroxylation sites is 1. The predicted molar refractivity (Wildman–Crippen MR) is 71.8 cm³/mol. The summed E-state index contributed by atoms with van der Waals surface area (Å²) in [6.45, 7) is 5.17. The molecule has 0 saturated heterocycles. The topological polar surface area (TPSA) is 62.2 Å². The number of aromatic nitrogens is 1. The van der Waals surface area contributed by atoms with Crippen molar-refractivity contribution in [2.75, 3.05) is 5.32 Å². The molecule has 0 saturated carbocycles. The number of anilines is 1. The number of carboxylic acid groups (broad SMARTS) is 1. The van der Waals surface area contributed by atoms with Crippen LogP contribution >= 0.6 is 0 Å². The number of hydrogen-bond acceptors (Lipinski definition) is 3. The fourth-order valence-corrected chi connectivity index (χ4v) is 1.80. The van der Waals surface area contributed by atoms with Gasteiger partial charge in [0.05, 0.1) is 5.52 Å². The highest BCUT2D eigenvalue weighted by Crippen LogP contribution is 2.25. The monoisotopic (exact) mass is 244 g/mol. The number of hydrogen-bond donors (Lipinski definition) is 2. The van der Waals surface area contributed by atoms with Crippen LogP contribution < -0.4 is 5.32 Å². The Morgan fingerprint density at radius 1 is 1.33 bits per heavy atom. The minimum atomic E-state index is -1.02. The van der Waals surface area contributed by atoms with Crippen molar-refractivity contribution in [3.05, 3.63) is 36.0 Å². The van der Waals surface area contributed by atoms with E-state index < -0.39 is 11.5 Å². The summed E-state index contributed by atoms with van der Waals surface area (Å²) in [6, 6.07) is 9.55. The summed E-state index contributed by atoms with van der Waals surface area (Å²) in [7, 11) is 0. The van der Waals surface area contributed by atoms with Gasteiger partial charge in [-0.15, -0.1) is 0 Å². The minimum absolute atomic E-state index is 0.797. The van der Waals surface area contributed by atoms with Crippen LogP contribution in [0.4, 0.5) is 5.69 Å². The van der Waals surface area contributed by atoms with Crippen molar-refractivity contribution in [3.8, 4) is 0 Å². The van der Waals surface area contributed by atoms with Crippen molar-refractivity contribution in [3.63, 3.8) is 0 Å². The molecule has 1 aromatic heterocycles. The maximum absolute atomic E-state index is 11.2. The van der Waals surface area contributed by atoms with Crippen molar-refractivity contribution in [1.82, 2.24) is 4.98 Å². The number of aliphatic carboxylic acids is 1. The molecule has 0 unspecified atom stereocenters. The highest BCUT2D eigenvalue weighted by Gasteiger charge is 2.27. The lowest BCUT2D eigenvalue weighted by molar-refractivity contribution is -0.141. The zero-order valence-electron chi connectivity index (χ0n) is 10.7. The Kier molecular flexibility index (Phi) is 2.95. The zero-order chi connectivity index (χ0) is 13.3. The Labute approximate surface area is 106 Å². The van der Waals surface area contributed by atoms with Crippen molar-refractivity contribution >= 4 is 22.6 Å². The molecule has 2 N–H and O–H groups in total. The lowest BCUT2D eigenvalue weighted by Crippen LogP contribution is -2.40. The summed E-state index contributed by atoms with van der Waals surface area (Å²) in [4.78, 5) is 15.6. The van der Waals surface area contributed by atoms with Gasteiger partial charge in [-0.2, -0.15) is 0 Å². The molecule has 4 heteroatoms. The average molecular weight is 244 g/mol. The third-order valence-corrected chi connectivity index (χ3v) is 2.83. The van der Waals surface area contributed by atoms with Crippen LogP contribution in [-0.4, -0.2) is 21.6 Å². The molecule has 0 aliphatic carbocycles. The molecule has 0 aliphatic heterocycles. The Bertz CT molecular complexity index is 606. The number of carboxylic acids is 1. The number of fused-ring (bicyclic) bond motifs is 1. The first-order valence-corrected chi connectivity index (χ1v) is 5.78. The summed E-state index contributed by atoms with van der Waals surface area (Å²) < 4.78 is 0. The van der Waals surface area contributed by atoms with E-state index in [1.165, 1.54) is 0 Å². The molecule has 0 fully saturated rings. The van der Waals surface area contributed by atoms with Gasteiger partial charge in [0.15, 0.2) is 0 Å². The van der Waals surface area contributed by atoms with E-state index in [1.54, 1.807) is 13.8 Å². The fraction of sp³-hybridized carbons (Fsp3) is 0.286. The van der Waals surface area contributed by atoms with Gasteiger partial charge in [0.2, 0.25) is 0 Å². The molecular weight excluding hydrogens is 228 g/mol. The van der Waals surface area contributed by atoms with Gasteiger partial charge in [-0.05, 0) is 32.9 Å². The SMILES string of the molecule is Cc1cc(NC(C)(C)C(=O)O)c2ccccc2n1. The summed E-state index contributed by atoms with van der Waals surface area (Å²) in [6.07, 6.45) is 0. The Balaban J connectivity index is 2.54. The molecule has 0 spiro atoms. The van der Waals surface area contributed by atoms with Gasteiger partial charge in [-0.1, -0.05) is 18.2 Å². The van der Waals surface area contributed by atoms with Crippen molar-refractivity contribution < 1.29 is 9.90 Å². The number of benzene rings is 1. The van der Waals surface area contributed by atoms with E-state index in [4.69, 9.17) is 5.11 Å². The van der Waals surface area contributed by atoms with Crippen LogP contribution in [0.25, 0.3) is 10.9 Å². The summed E-state index contributed by atoms with van der Waals surface area (Å²) in [5, 5.41) is 13.2. The van der Waals surface area contributed by atoms with E-state index in [9.17, 15) is 4.79 Å².